The summed E-state index contributed by atoms with van der Waals surface area (Å²) in [7, 11) is 0. The number of nitrogens with zero attached hydrogens (tertiary/aromatic N) is 1. The van der Waals surface area contributed by atoms with Crippen LogP contribution >= 0.6 is 0 Å². The molecule has 1 heterocycles. The minimum atomic E-state index is 0.741. The molecule has 0 bridgehead atoms. The molecule has 0 fully saturated rings. The lowest BCUT2D eigenvalue weighted by Gasteiger charge is -2.19. The van der Waals surface area contributed by atoms with Crippen molar-refractivity contribution in [3.63, 3.8) is 0 Å². The average Bonchev–Trinajstić information content (AvgIpc) is 2.92. The first kappa shape index (κ1) is 11.4. The quantitative estimate of drug-likeness (QED) is 0.799. The van der Waals surface area contributed by atoms with Gasteiger partial charge in [-0.1, -0.05) is 12.1 Å². The zero-order valence-electron chi connectivity index (χ0n) is 10.6. The zero-order valence-corrected chi connectivity index (χ0v) is 10.6. The van der Waals surface area contributed by atoms with Crippen LogP contribution in [0.2, 0.25) is 0 Å². The van der Waals surface area contributed by atoms with Crippen molar-refractivity contribution >= 4 is 0 Å². The molecule has 94 valence electrons. The highest BCUT2D eigenvalue weighted by Crippen LogP contribution is 2.29. The van der Waals surface area contributed by atoms with Crippen molar-refractivity contribution in [3.05, 3.63) is 53.9 Å². The van der Waals surface area contributed by atoms with Gasteiger partial charge >= 0.3 is 0 Å². The Morgan fingerprint density at radius 3 is 2.72 bits per heavy atom. The first-order chi connectivity index (χ1) is 8.93. The summed E-state index contributed by atoms with van der Waals surface area (Å²) < 4.78 is 8.11. The molecule has 2 nitrogen and oxygen atoms in total. The Kier molecular flexibility index (Phi) is 3.35. The van der Waals surface area contributed by atoms with Crippen LogP contribution in [0.15, 0.2) is 42.7 Å². The summed E-state index contributed by atoms with van der Waals surface area (Å²) in [6.45, 7) is 1.65. The molecule has 1 aliphatic rings. The van der Waals surface area contributed by atoms with Crippen molar-refractivity contribution in [3.8, 4) is 5.75 Å². The Labute approximate surface area is 108 Å². The second-order valence-corrected chi connectivity index (χ2v) is 4.87. The molecule has 0 N–H and O–H groups in total. The number of ether oxygens (including phenoxy) is 1. The normalized spacial score (nSPS) is 14.2. The van der Waals surface area contributed by atoms with Gasteiger partial charge in [-0.05, 0) is 55.0 Å². The second-order valence-electron chi connectivity index (χ2n) is 4.87. The van der Waals surface area contributed by atoms with Gasteiger partial charge in [-0.2, -0.15) is 0 Å². The van der Waals surface area contributed by atoms with Crippen LogP contribution in [0.1, 0.15) is 24.0 Å². The molecule has 1 aliphatic carbocycles. The van der Waals surface area contributed by atoms with E-state index in [1.165, 1.54) is 36.8 Å². The van der Waals surface area contributed by atoms with E-state index in [0.29, 0.717) is 0 Å². The van der Waals surface area contributed by atoms with E-state index in [0.717, 1.165) is 18.9 Å². The Hall–Kier alpha value is -1.70. The van der Waals surface area contributed by atoms with Gasteiger partial charge in [0.25, 0.3) is 0 Å². The fourth-order valence-corrected chi connectivity index (χ4v) is 2.66. The predicted octanol–water partition coefficient (Wildman–Crippen LogP) is 3.45. The molecule has 0 radical (unpaired) electrons. The molecule has 0 atom stereocenters. The summed E-state index contributed by atoms with van der Waals surface area (Å²) >= 11 is 0. The fraction of sp³-hybridized carbons (Fsp3) is 0.375. The minimum absolute atomic E-state index is 0.741. The Morgan fingerprint density at radius 2 is 1.83 bits per heavy atom. The van der Waals surface area contributed by atoms with Crippen LogP contribution in [0.3, 0.4) is 0 Å². The maximum atomic E-state index is 5.96. The number of fused-ring (bicyclic) bond motifs is 1. The third kappa shape index (κ3) is 2.42. The van der Waals surface area contributed by atoms with Gasteiger partial charge in [0.05, 0.1) is 6.54 Å². The highest BCUT2D eigenvalue weighted by Gasteiger charge is 2.13. The lowest BCUT2D eigenvalue weighted by molar-refractivity contribution is 0.294. The van der Waals surface area contributed by atoms with Crippen LogP contribution in [-0.4, -0.2) is 11.2 Å². The standard InChI is InChI=1S/C16H19NO/c1-2-8-15-14(6-1)7-5-9-16(15)18-13-12-17-10-3-4-11-17/h3-5,7,9-11H,1-2,6,8,12-13H2. The summed E-state index contributed by atoms with van der Waals surface area (Å²) in [4.78, 5) is 0. The van der Waals surface area contributed by atoms with Crippen molar-refractivity contribution in [1.29, 1.82) is 0 Å². The molecule has 3 rings (SSSR count). The molecule has 1 aromatic carbocycles. The lowest BCUT2D eigenvalue weighted by Crippen LogP contribution is -2.10. The van der Waals surface area contributed by atoms with Crippen molar-refractivity contribution in [2.75, 3.05) is 6.61 Å². The van der Waals surface area contributed by atoms with Gasteiger partial charge in [0.15, 0.2) is 0 Å². The van der Waals surface area contributed by atoms with Crippen LogP contribution in [0, 0.1) is 0 Å². The molecule has 0 spiro atoms. The Balaban J connectivity index is 1.65. The number of benzene rings is 1. The molecule has 1 aromatic heterocycles. The number of aromatic nitrogens is 1. The van der Waals surface area contributed by atoms with Crippen molar-refractivity contribution in [2.24, 2.45) is 0 Å². The minimum Gasteiger partial charge on any atom is -0.491 e. The monoisotopic (exact) mass is 241 g/mol. The third-order valence-corrected chi connectivity index (χ3v) is 3.63. The van der Waals surface area contributed by atoms with E-state index < -0.39 is 0 Å². The lowest BCUT2D eigenvalue weighted by atomic mass is 9.91. The number of hydrogen-bond donors (Lipinski definition) is 0. The summed E-state index contributed by atoms with van der Waals surface area (Å²) in [5, 5.41) is 0. The van der Waals surface area contributed by atoms with E-state index in [2.05, 4.69) is 35.2 Å². The highest BCUT2D eigenvalue weighted by atomic mass is 16.5. The maximum Gasteiger partial charge on any atom is 0.122 e. The van der Waals surface area contributed by atoms with Gasteiger partial charge in [0.2, 0.25) is 0 Å². The molecule has 18 heavy (non-hydrogen) atoms. The van der Waals surface area contributed by atoms with Gasteiger partial charge in [0.1, 0.15) is 12.4 Å². The summed E-state index contributed by atoms with van der Waals surface area (Å²) in [5.74, 6) is 1.10. The van der Waals surface area contributed by atoms with Crippen LogP contribution in [-0.2, 0) is 19.4 Å². The van der Waals surface area contributed by atoms with Crippen molar-refractivity contribution in [2.45, 2.75) is 32.2 Å². The molecular weight excluding hydrogens is 222 g/mol. The Morgan fingerprint density at radius 1 is 1.00 bits per heavy atom. The summed E-state index contributed by atoms with van der Waals surface area (Å²) in [6.07, 6.45) is 9.15. The van der Waals surface area contributed by atoms with E-state index in [9.17, 15) is 0 Å². The molecule has 0 unspecified atom stereocenters. The molecule has 0 saturated heterocycles. The maximum absolute atomic E-state index is 5.96. The first-order valence-corrected chi connectivity index (χ1v) is 6.78. The van der Waals surface area contributed by atoms with Gasteiger partial charge in [-0.15, -0.1) is 0 Å². The fourth-order valence-electron chi connectivity index (χ4n) is 2.66. The van der Waals surface area contributed by atoms with E-state index in [1.54, 1.807) is 0 Å². The third-order valence-electron chi connectivity index (χ3n) is 3.63. The molecule has 0 aliphatic heterocycles. The summed E-state index contributed by atoms with van der Waals surface area (Å²) in [5.41, 5.74) is 2.93. The van der Waals surface area contributed by atoms with E-state index in [-0.39, 0.29) is 0 Å². The van der Waals surface area contributed by atoms with Crippen molar-refractivity contribution in [1.82, 2.24) is 4.57 Å². The second kappa shape index (κ2) is 5.30. The van der Waals surface area contributed by atoms with Crippen molar-refractivity contribution < 1.29 is 4.74 Å². The largest absolute Gasteiger partial charge is 0.491 e. The van der Waals surface area contributed by atoms with Crippen LogP contribution < -0.4 is 4.74 Å². The number of rotatable bonds is 4. The van der Waals surface area contributed by atoms with E-state index in [4.69, 9.17) is 4.74 Å². The number of aryl methyl sites for hydroxylation is 1. The molecule has 2 heteroatoms. The van der Waals surface area contributed by atoms with Crippen LogP contribution in [0.5, 0.6) is 5.75 Å². The van der Waals surface area contributed by atoms with Gasteiger partial charge in [0, 0.05) is 12.4 Å². The van der Waals surface area contributed by atoms with Gasteiger partial charge < -0.3 is 9.30 Å². The Bertz CT molecular complexity index is 502. The molecular formula is C16H19NO. The molecule has 0 saturated carbocycles. The smallest absolute Gasteiger partial charge is 0.122 e. The zero-order chi connectivity index (χ0) is 12.2. The van der Waals surface area contributed by atoms with Gasteiger partial charge in [-0.3, -0.25) is 0 Å². The topological polar surface area (TPSA) is 14.2 Å². The van der Waals surface area contributed by atoms with E-state index >= 15 is 0 Å². The number of hydrogen-bond acceptors (Lipinski definition) is 1. The SMILES string of the molecule is c1cc2c(c(OCCn3cccc3)c1)CCCC2. The molecule has 2 aromatic rings. The molecule has 0 amide bonds. The average molecular weight is 241 g/mol. The first-order valence-electron chi connectivity index (χ1n) is 6.78. The van der Waals surface area contributed by atoms with Gasteiger partial charge in [-0.25, -0.2) is 0 Å². The van der Waals surface area contributed by atoms with Crippen LogP contribution in [0.25, 0.3) is 0 Å². The summed E-state index contributed by atoms with van der Waals surface area (Å²) in [6, 6.07) is 10.6. The van der Waals surface area contributed by atoms with E-state index in [1.807, 2.05) is 12.1 Å². The van der Waals surface area contributed by atoms with Crippen LogP contribution in [0.4, 0.5) is 0 Å². The predicted molar refractivity (Wildman–Crippen MR) is 73.0 cm³/mol. The highest BCUT2D eigenvalue weighted by molar-refractivity contribution is 5.41.